The second-order valence-electron chi connectivity index (χ2n) is 9.75. The first-order chi connectivity index (χ1) is 18.2. The second-order valence-corrected chi connectivity index (χ2v) is 10.6. The van der Waals surface area contributed by atoms with Gasteiger partial charge in [-0.3, -0.25) is 9.59 Å². The third kappa shape index (κ3) is 5.72. The molecule has 0 N–H and O–H groups in total. The van der Waals surface area contributed by atoms with Crippen molar-refractivity contribution in [2.24, 2.45) is 10.9 Å². The Morgan fingerprint density at radius 2 is 2.00 bits per heavy atom. The average molecular weight is 538 g/mol. The molecule has 1 fully saturated rings. The van der Waals surface area contributed by atoms with Crippen LogP contribution in [0.15, 0.2) is 58.2 Å². The lowest BCUT2D eigenvalue weighted by molar-refractivity contribution is -0.151. The number of hydrogen-bond acceptors (Lipinski definition) is 8. The first-order valence-electron chi connectivity index (χ1n) is 13.0. The van der Waals surface area contributed by atoms with Crippen LogP contribution in [0.25, 0.3) is 0 Å². The average Bonchev–Trinajstić information content (AvgIpc) is 3.28. The summed E-state index contributed by atoms with van der Waals surface area (Å²) in [5, 5.41) is 2.66. The van der Waals surface area contributed by atoms with Gasteiger partial charge in [-0.25, -0.2) is 9.79 Å². The molecule has 1 amide bonds. The smallest absolute Gasteiger partial charge is 0.338 e. The van der Waals surface area contributed by atoms with E-state index in [1.807, 2.05) is 43.2 Å². The first kappa shape index (κ1) is 27.7. The summed E-state index contributed by atoms with van der Waals surface area (Å²) in [5.74, 6) is -1.06. The van der Waals surface area contributed by atoms with Crippen LogP contribution in [-0.4, -0.2) is 59.1 Å². The van der Waals surface area contributed by atoms with Gasteiger partial charge in [-0.05, 0) is 57.1 Å². The van der Waals surface area contributed by atoms with Crippen molar-refractivity contribution in [2.45, 2.75) is 53.0 Å². The number of aryl methyl sites for hydroxylation is 2. The lowest BCUT2D eigenvalue weighted by Gasteiger charge is -2.38. The predicted molar refractivity (Wildman–Crippen MR) is 148 cm³/mol. The lowest BCUT2D eigenvalue weighted by Crippen LogP contribution is -2.44. The number of rotatable bonds is 8. The molecule has 9 heteroatoms. The van der Waals surface area contributed by atoms with Crippen molar-refractivity contribution < 1.29 is 23.9 Å². The molecular weight excluding hydrogens is 502 g/mol. The van der Waals surface area contributed by atoms with Crippen LogP contribution in [-0.2, 0) is 23.9 Å². The SMILES string of the molecule is C=CCOC(=O)C1=C(C)N=C2SC=C(CC(=O)N3CCCC(C(=O)OCC)C3)N2C1c1ccc(C)cc1C. The molecule has 3 aliphatic rings. The minimum absolute atomic E-state index is 0.0615. The van der Waals surface area contributed by atoms with E-state index in [9.17, 15) is 14.4 Å². The number of carbonyl (C=O) groups excluding carboxylic acids is 3. The number of carbonyl (C=O) groups is 3. The molecular formula is C29H35N3O5S. The Balaban J connectivity index is 1.63. The normalized spacial score (nSPS) is 20.9. The molecule has 8 nitrogen and oxygen atoms in total. The van der Waals surface area contributed by atoms with Gasteiger partial charge < -0.3 is 19.3 Å². The molecule has 1 aromatic carbocycles. The Morgan fingerprint density at radius 1 is 1.21 bits per heavy atom. The molecule has 1 saturated heterocycles. The van der Waals surface area contributed by atoms with Crippen LogP contribution in [0.1, 0.15) is 55.8 Å². The van der Waals surface area contributed by atoms with Crippen molar-refractivity contribution in [3.8, 4) is 0 Å². The van der Waals surface area contributed by atoms with Gasteiger partial charge in [0.25, 0.3) is 0 Å². The number of allylic oxidation sites excluding steroid dienone is 1. The van der Waals surface area contributed by atoms with Crippen molar-refractivity contribution in [3.05, 3.63) is 69.9 Å². The molecule has 202 valence electrons. The third-order valence-electron chi connectivity index (χ3n) is 7.00. The van der Waals surface area contributed by atoms with E-state index in [0.29, 0.717) is 31.0 Å². The number of thioether (sulfide) groups is 1. The Morgan fingerprint density at radius 3 is 2.71 bits per heavy atom. The van der Waals surface area contributed by atoms with Gasteiger partial charge in [0, 0.05) is 18.8 Å². The molecule has 0 saturated carbocycles. The van der Waals surface area contributed by atoms with Gasteiger partial charge in [0.15, 0.2) is 5.17 Å². The number of amidine groups is 1. The maximum absolute atomic E-state index is 13.5. The molecule has 2 unspecified atom stereocenters. The zero-order valence-electron chi connectivity index (χ0n) is 22.5. The number of nitrogens with zero attached hydrogens (tertiary/aromatic N) is 3. The molecule has 4 rings (SSSR count). The van der Waals surface area contributed by atoms with Crippen molar-refractivity contribution in [3.63, 3.8) is 0 Å². The number of likely N-dealkylation sites (tertiary alicyclic amines) is 1. The fourth-order valence-corrected chi connectivity index (χ4v) is 6.16. The van der Waals surface area contributed by atoms with Gasteiger partial charge in [-0.2, -0.15) is 0 Å². The van der Waals surface area contributed by atoms with E-state index in [4.69, 9.17) is 14.5 Å². The number of ether oxygens (including phenoxy) is 2. The number of piperidine rings is 1. The molecule has 2 atom stereocenters. The Hall–Kier alpha value is -3.33. The van der Waals surface area contributed by atoms with Crippen molar-refractivity contribution in [2.75, 3.05) is 26.3 Å². The van der Waals surface area contributed by atoms with Crippen LogP contribution in [0.3, 0.4) is 0 Å². The van der Waals surface area contributed by atoms with E-state index in [1.54, 1.807) is 11.8 Å². The molecule has 0 bridgehead atoms. The van der Waals surface area contributed by atoms with Crippen molar-refractivity contribution in [1.29, 1.82) is 0 Å². The van der Waals surface area contributed by atoms with Gasteiger partial charge in [-0.1, -0.05) is 48.2 Å². The zero-order chi connectivity index (χ0) is 27.4. The summed E-state index contributed by atoms with van der Waals surface area (Å²) >= 11 is 1.44. The number of amides is 1. The predicted octanol–water partition coefficient (Wildman–Crippen LogP) is 4.80. The number of esters is 2. The van der Waals surface area contributed by atoms with Crippen molar-refractivity contribution >= 4 is 34.8 Å². The minimum Gasteiger partial charge on any atom is -0.466 e. The van der Waals surface area contributed by atoms with Gasteiger partial charge in [0.05, 0.1) is 36.3 Å². The molecule has 3 heterocycles. The van der Waals surface area contributed by atoms with E-state index in [1.165, 1.54) is 17.8 Å². The molecule has 3 aliphatic heterocycles. The summed E-state index contributed by atoms with van der Waals surface area (Å²) < 4.78 is 10.7. The van der Waals surface area contributed by atoms with Crippen LogP contribution < -0.4 is 0 Å². The van der Waals surface area contributed by atoms with E-state index in [-0.39, 0.29) is 30.8 Å². The summed E-state index contributed by atoms with van der Waals surface area (Å²) in [5.41, 5.74) is 4.92. The molecule has 0 spiro atoms. The molecule has 0 aliphatic carbocycles. The number of fused-ring (bicyclic) bond motifs is 1. The largest absolute Gasteiger partial charge is 0.466 e. The first-order valence-corrected chi connectivity index (χ1v) is 13.9. The molecule has 0 radical (unpaired) electrons. The zero-order valence-corrected chi connectivity index (χ0v) is 23.3. The number of aliphatic imine (C=N–C) groups is 1. The molecule has 0 aromatic heterocycles. The summed E-state index contributed by atoms with van der Waals surface area (Å²) in [6.07, 6.45) is 3.15. The highest BCUT2D eigenvalue weighted by atomic mass is 32.2. The van der Waals surface area contributed by atoms with Crippen LogP contribution in [0.4, 0.5) is 0 Å². The van der Waals surface area contributed by atoms with Crippen LogP contribution >= 0.6 is 11.8 Å². The highest BCUT2D eigenvalue weighted by Gasteiger charge is 2.42. The lowest BCUT2D eigenvalue weighted by atomic mass is 9.90. The maximum atomic E-state index is 13.5. The third-order valence-corrected chi connectivity index (χ3v) is 7.89. The number of benzene rings is 1. The van der Waals surface area contributed by atoms with Crippen LogP contribution in [0, 0.1) is 19.8 Å². The van der Waals surface area contributed by atoms with E-state index < -0.39 is 12.0 Å². The van der Waals surface area contributed by atoms with Crippen LogP contribution in [0.5, 0.6) is 0 Å². The van der Waals surface area contributed by atoms with E-state index in [2.05, 4.69) is 12.6 Å². The standard InChI is InChI=1S/C29H35N3O5S/c1-6-13-37-28(35)25-20(5)30-29-32(26(25)23-11-10-18(3)14-19(23)4)22(17-38-29)15-24(33)31-12-8-9-21(16-31)27(34)36-7-2/h6,10-11,14,17,21,26H,1,7-9,12-13,15-16H2,2-5H3. The second kappa shape index (κ2) is 12.0. The Bertz CT molecular complexity index is 1230. The number of hydrogen-bond donors (Lipinski definition) is 0. The van der Waals surface area contributed by atoms with Gasteiger partial charge >= 0.3 is 11.9 Å². The molecule has 1 aromatic rings. The Kier molecular flexibility index (Phi) is 8.76. The van der Waals surface area contributed by atoms with Crippen LogP contribution in [0.2, 0.25) is 0 Å². The van der Waals surface area contributed by atoms with Crippen molar-refractivity contribution in [1.82, 2.24) is 9.80 Å². The molecule has 38 heavy (non-hydrogen) atoms. The Labute approximate surface area is 228 Å². The van der Waals surface area contributed by atoms with E-state index >= 15 is 0 Å². The fraction of sp³-hybridized carbons (Fsp3) is 0.448. The fourth-order valence-electron chi connectivity index (χ4n) is 5.19. The summed E-state index contributed by atoms with van der Waals surface area (Å²) in [6, 6.07) is 5.66. The topological polar surface area (TPSA) is 88.5 Å². The maximum Gasteiger partial charge on any atom is 0.338 e. The van der Waals surface area contributed by atoms with Gasteiger partial charge in [0.1, 0.15) is 6.61 Å². The monoisotopic (exact) mass is 537 g/mol. The van der Waals surface area contributed by atoms with E-state index in [0.717, 1.165) is 40.4 Å². The highest BCUT2D eigenvalue weighted by molar-refractivity contribution is 8.16. The van der Waals surface area contributed by atoms with Gasteiger partial charge in [0.2, 0.25) is 5.91 Å². The summed E-state index contributed by atoms with van der Waals surface area (Å²) in [4.78, 5) is 47.5. The summed E-state index contributed by atoms with van der Waals surface area (Å²) in [6.45, 7) is 12.7. The van der Waals surface area contributed by atoms with Gasteiger partial charge in [-0.15, -0.1) is 0 Å². The highest BCUT2D eigenvalue weighted by Crippen LogP contribution is 2.45. The summed E-state index contributed by atoms with van der Waals surface area (Å²) in [7, 11) is 0. The minimum atomic E-state index is -0.483. The quantitative estimate of drug-likeness (QED) is 0.348.